The Labute approximate surface area is 234 Å². The number of hydrogen-bond donors (Lipinski definition) is 1. The van der Waals surface area contributed by atoms with Gasteiger partial charge in [0.05, 0.1) is 20.2 Å². The molecule has 0 aliphatic carbocycles. The highest BCUT2D eigenvalue weighted by atomic mass is 35.5. The molecule has 1 aliphatic rings. The third-order valence-electron chi connectivity index (χ3n) is 6.50. The molecular formula is C28H24ClF3N4O4. The Morgan fingerprint density at radius 3 is 2.60 bits per heavy atom. The highest BCUT2D eigenvalue weighted by molar-refractivity contribution is 6.31. The van der Waals surface area contributed by atoms with Crippen LogP contribution in [0.2, 0.25) is 5.02 Å². The Balaban J connectivity index is 1.68. The van der Waals surface area contributed by atoms with Gasteiger partial charge in [-0.2, -0.15) is 0 Å². The van der Waals surface area contributed by atoms with E-state index in [1.54, 1.807) is 0 Å². The molecule has 208 valence electrons. The molecule has 0 spiro atoms. The standard InChI is InChI=1S/C28H24ClF3N4O4/c1-28(2,39)18-8-5-9-35(26(18)37)25-23(32)24-15(12-34-25)6-3-4-7-17-11-21(22(29)27(38)36(17)24)40-14-20-19(31)10-16(30)13-33-20/h5,8-13,39H,3-4,6-7,14H2,1-2H3/i14D2. The Bertz CT molecular complexity index is 1840. The van der Waals surface area contributed by atoms with Crippen molar-refractivity contribution in [3.05, 3.63) is 109 Å². The summed E-state index contributed by atoms with van der Waals surface area (Å²) >= 11 is 6.33. The van der Waals surface area contributed by atoms with Crippen LogP contribution in [0, 0.1) is 17.5 Å². The van der Waals surface area contributed by atoms with E-state index in [-0.39, 0.29) is 23.4 Å². The Morgan fingerprint density at radius 1 is 1.12 bits per heavy atom. The average Bonchev–Trinajstić information content (AvgIpc) is 2.88. The van der Waals surface area contributed by atoms with Gasteiger partial charge in [-0.3, -0.25) is 23.7 Å². The number of aromatic nitrogens is 4. The highest BCUT2D eigenvalue weighted by Gasteiger charge is 2.27. The van der Waals surface area contributed by atoms with E-state index in [0.29, 0.717) is 37.1 Å². The fraction of sp³-hybridized carbons (Fsp3) is 0.286. The molecule has 8 nitrogen and oxygen atoms in total. The minimum absolute atomic E-state index is 0.00157. The van der Waals surface area contributed by atoms with Crippen LogP contribution >= 0.6 is 11.6 Å². The molecule has 0 saturated carbocycles. The number of fused-ring (bicyclic) bond motifs is 3. The quantitative estimate of drug-likeness (QED) is 0.376. The molecule has 5 rings (SSSR count). The molecule has 1 aliphatic heterocycles. The second-order valence-corrected chi connectivity index (χ2v) is 10.2. The molecular weight excluding hydrogens is 549 g/mol. The minimum atomic E-state index is -2.96. The number of nitrogens with zero attached hydrogens (tertiary/aromatic N) is 4. The van der Waals surface area contributed by atoms with Crippen LogP contribution in [0.1, 0.15) is 51.9 Å². The third-order valence-corrected chi connectivity index (χ3v) is 6.84. The van der Waals surface area contributed by atoms with Crippen molar-refractivity contribution in [2.75, 3.05) is 0 Å². The van der Waals surface area contributed by atoms with Crippen LogP contribution in [0.3, 0.4) is 0 Å². The average molecular weight is 575 g/mol. The first kappa shape index (κ1) is 25.0. The Morgan fingerprint density at radius 2 is 1.88 bits per heavy atom. The highest BCUT2D eigenvalue weighted by Crippen LogP contribution is 2.31. The Kier molecular flexibility index (Phi) is 6.60. The summed E-state index contributed by atoms with van der Waals surface area (Å²) in [6.07, 6.45) is 4.99. The van der Waals surface area contributed by atoms with Crippen molar-refractivity contribution in [1.29, 1.82) is 0 Å². The summed E-state index contributed by atoms with van der Waals surface area (Å²) in [7, 11) is 0. The molecule has 0 aromatic carbocycles. The van der Waals surface area contributed by atoms with Crippen molar-refractivity contribution < 1.29 is 25.8 Å². The third kappa shape index (κ3) is 5.02. The van der Waals surface area contributed by atoms with E-state index in [2.05, 4.69) is 9.97 Å². The number of aryl methyl sites for hydroxylation is 2. The Hall–Kier alpha value is -3.96. The van der Waals surface area contributed by atoms with Gasteiger partial charge in [-0.05, 0) is 57.2 Å². The predicted molar refractivity (Wildman–Crippen MR) is 141 cm³/mol. The lowest BCUT2D eigenvalue weighted by molar-refractivity contribution is 0.0767. The van der Waals surface area contributed by atoms with E-state index in [1.807, 2.05) is 0 Å². The molecule has 0 amide bonds. The summed E-state index contributed by atoms with van der Waals surface area (Å²) in [4.78, 5) is 34.4. The van der Waals surface area contributed by atoms with Crippen molar-refractivity contribution >= 4 is 11.6 Å². The first-order valence-electron chi connectivity index (χ1n) is 13.3. The van der Waals surface area contributed by atoms with Crippen molar-refractivity contribution in [3.63, 3.8) is 0 Å². The van der Waals surface area contributed by atoms with Crippen molar-refractivity contribution in [2.45, 2.75) is 51.7 Å². The summed E-state index contributed by atoms with van der Waals surface area (Å²) < 4.78 is 67.7. The lowest BCUT2D eigenvalue weighted by Gasteiger charge is -2.23. The number of halogens is 4. The second-order valence-electron chi connectivity index (χ2n) is 9.78. The van der Waals surface area contributed by atoms with Crippen LogP contribution in [0.5, 0.6) is 5.75 Å². The first-order chi connectivity index (χ1) is 19.7. The van der Waals surface area contributed by atoms with Gasteiger partial charge in [0.1, 0.15) is 28.8 Å². The van der Waals surface area contributed by atoms with Crippen LogP contribution in [0.25, 0.3) is 11.5 Å². The van der Waals surface area contributed by atoms with Gasteiger partial charge in [0.2, 0.25) is 0 Å². The molecule has 4 aromatic heterocycles. The van der Waals surface area contributed by atoms with Crippen molar-refractivity contribution in [2.24, 2.45) is 0 Å². The molecule has 0 unspecified atom stereocenters. The fourth-order valence-electron chi connectivity index (χ4n) is 4.55. The second kappa shape index (κ2) is 10.5. The van der Waals surface area contributed by atoms with Gasteiger partial charge in [-0.1, -0.05) is 11.6 Å². The summed E-state index contributed by atoms with van der Waals surface area (Å²) in [5.74, 6) is -4.18. The van der Waals surface area contributed by atoms with Gasteiger partial charge >= 0.3 is 0 Å². The monoisotopic (exact) mass is 574 g/mol. The topological polar surface area (TPSA) is 99.2 Å². The van der Waals surface area contributed by atoms with Gasteiger partial charge in [-0.25, -0.2) is 18.2 Å². The lowest BCUT2D eigenvalue weighted by Crippen LogP contribution is -2.32. The number of pyridine rings is 4. The molecule has 1 N–H and O–H groups in total. The number of hydrogen-bond acceptors (Lipinski definition) is 6. The van der Waals surface area contributed by atoms with E-state index < -0.39 is 63.0 Å². The summed E-state index contributed by atoms with van der Waals surface area (Å²) in [6, 6.07) is 4.56. The van der Waals surface area contributed by atoms with E-state index in [9.17, 15) is 23.5 Å². The number of aliphatic hydroxyl groups is 1. The SMILES string of the molecule is [2H]C([2H])(Oc1cc2n(c(=O)c1Cl)-c1c(cnc(-n3cccc(C(C)(C)O)c3=O)c1F)CCCC2)c1ncc(F)cc1F. The fourth-order valence-corrected chi connectivity index (χ4v) is 4.73. The summed E-state index contributed by atoms with van der Waals surface area (Å²) in [5.41, 5.74) is -3.67. The zero-order valence-corrected chi connectivity index (χ0v) is 22.1. The smallest absolute Gasteiger partial charge is 0.278 e. The normalized spacial score (nSPS) is 14.4. The molecule has 4 aromatic rings. The van der Waals surface area contributed by atoms with E-state index >= 15 is 4.39 Å². The van der Waals surface area contributed by atoms with E-state index in [1.165, 1.54) is 44.4 Å². The molecule has 40 heavy (non-hydrogen) atoms. The van der Waals surface area contributed by atoms with Crippen LogP contribution in [-0.4, -0.2) is 24.2 Å². The maximum Gasteiger partial charge on any atom is 0.278 e. The van der Waals surface area contributed by atoms with Gasteiger partial charge in [0, 0.05) is 35.8 Å². The molecule has 0 fully saturated rings. The minimum Gasteiger partial charge on any atom is -0.485 e. The number of ether oxygens (including phenoxy) is 1. The number of rotatable bonds is 5. The van der Waals surface area contributed by atoms with Gasteiger partial charge in [-0.15, -0.1) is 0 Å². The molecule has 0 saturated heterocycles. The lowest BCUT2D eigenvalue weighted by atomic mass is 10.00. The van der Waals surface area contributed by atoms with Crippen molar-refractivity contribution in [3.8, 4) is 17.3 Å². The van der Waals surface area contributed by atoms with Gasteiger partial charge < -0.3 is 9.84 Å². The largest absolute Gasteiger partial charge is 0.485 e. The summed E-state index contributed by atoms with van der Waals surface area (Å²) in [6.45, 7) is -0.126. The van der Waals surface area contributed by atoms with Crippen LogP contribution < -0.4 is 15.9 Å². The van der Waals surface area contributed by atoms with Gasteiger partial charge in [0.25, 0.3) is 11.1 Å². The van der Waals surface area contributed by atoms with Crippen molar-refractivity contribution in [1.82, 2.24) is 19.1 Å². The van der Waals surface area contributed by atoms with Crippen LogP contribution in [0.15, 0.2) is 52.4 Å². The van der Waals surface area contributed by atoms with Crippen LogP contribution in [0.4, 0.5) is 13.2 Å². The maximum absolute atomic E-state index is 16.4. The molecule has 12 heteroatoms. The van der Waals surface area contributed by atoms with E-state index in [4.69, 9.17) is 19.1 Å². The van der Waals surface area contributed by atoms with E-state index in [0.717, 1.165) is 9.13 Å². The first-order valence-corrected chi connectivity index (χ1v) is 12.7. The molecule has 0 atom stereocenters. The maximum atomic E-state index is 16.4. The predicted octanol–water partition coefficient (Wildman–Crippen LogP) is 4.53. The zero-order chi connectivity index (χ0) is 30.6. The van der Waals surface area contributed by atoms with Gasteiger partial charge in [0.15, 0.2) is 17.5 Å². The molecule has 5 heterocycles. The molecule has 0 bridgehead atoms. The zero-order valence-electron chi connectivity index (χ0n) is 23.3. The molecule has 0 radical (unpaired) electrons. The van der Waals surface area contributed by atoms with Crippen LogP contribution in [-0.2, 0) is 25.0 Å². The summed E-state index contributed by atoms with van der Waals surface area (Å²) in [5, 5.41) is 9.78.